The van der Waals surface area contributed by atoms with Gasteiger partial charge in [-0.25, -0.2) is 4.79 Å². The van der Waals surface area contributed by atoms with E-state index in [0.29, 0.717) is 0 Å². The zero-order valence-electron chi connectivity index (χ0n) is 8.43. The van der Waals surface area contributed by atoms with Crippen LogP contribution in [-0.2, 0) is 9.53 Å². The maximum atomic E-state index is 11.1. The molecule has 0 aliphatic carbocycles. The van der Waals surface area contributed by atoms with Gasteiger partial charge >= 0.3 is 5.97 Å². The number of aryl methyl sites for hydroxylation is 1. The van der Waals surface area contributed by atoms with E-state index < -0.39 is 5.97 Å². The molecule has 0 atom stereocenters. The lowest BCUT2D eigenvalue weighted by Crippen LogP contribution is -2.11. The van der Waals surface area contributed by atoms with Gasteiger partial charge in [-0.05, 0) is 19.1 Å². The minimum absolute atomic E-state index is 0.0821. The summed E-state index contributed by atoms with van der Waals surface area (Å²) in [7, 11) is 1.24. The Labute approximate surface area is 91.9 Å². The third-order valence-electron chi connectivity index (χ3n) is 1.69. The summed E-state index contributed by atoms with van der Waals surface area (Å²) in [4.78, 5) is 11.9. The molecule has 0 heterocycles. The first kappa shape index (κ1) is 11.6. The average molecular weight is 225 g/mol. The van der Waals surface area contributed by atoms with Gasteiger partial charge in [0.05, 0.1) is 7.11 Å². The van der Waals surface area contributed by atoms with E-state index in [9.17, 15) is 4.79 Å². The third-order valence-corrected chi connectivity index (χ3v) is 2.64. The molecule has 0 aromatic heterocycles. The number of esters is 1. The number of carbonyl (C=O) groups excluding carboxylic acids is 1. The second-order valence-corrected chi connectivity index (χ2v) is 3.87. The molecule has 4 nitrogen and oxygen atoms in total. The van der Waals surface area contributed by atoms with Crippen LogP contribution in [0.15, 0.2) is 34.3 Å². The molecular weight excluding hydrogens is 214 g/mol. The highest BCUT2D eigenvalue weighted by Crippen LogP contribution is 2.20. The van der Waals surface area contributed by atoms with E-state index in [1.807, 2.05) is 31.2 Å². The second-order valence-electron chi connectivity index (χ2n) is 2.81. The summed E-state index contributed by atoms with van der Waals surface area (Å²) in [6.45, 7) is 1.97. The van der Waals surface area contributed by atoms with E-state index in [1.165, 1.54) is 7.11 Å². The van der Waals surface area contributed by atoms with Crippen molar-refractivity contribution in [2.45, 2.75) is 11.8 Å². The van der Waals surface area contributed by atoms with Crippen LogP contribution in [0, 0.1) is 6.92 Å². The quantitative estimate of drug-likeness (QED) is 0.198. The number of hydrogen-bond donors (Lipinski definition) is 1. The fourth-order valence-electron chi connectivity index (χ4n) is 0.908. The Morgan fingerprint density at radius 2 is 2.00 bits per heavy atom. The second kappa shape index (κ2) is 5.41. The van der Waals surface area contributed by atoms with Crippen molar-refractivity contribution < 1.29 is 14.7 Å². The summed E-state index contributed by atoms with van der Waals surface area (Å²) in [5, 5.41) is 11.4. The van der Waals surface area contributed by atoms with Gasteiger partial charge in [0.2, 0.25) is 5.04 Å². The van der Waals surface area contributed by atoms with Crippen LogP contribution in [-0.4, -0.2) is 23.3 Å². The summed E-state index contributed by atoms with van der Waals surface area (Å²) < 4.78 is 4.45. The normalized spacial score (nSPS) is 11.2. The predicted octanol–water partition coefficient (Wildman–Crippen LogP) is 2.05. The maximum Gasteiger partial charge on any atom is 0.367 e. The molecule has 1 N–H and O–H groups in total. The van der Waals surface area contributed by atoms with E-state index in [0.717, 1.165) is 22.2 Å². The Hall–Kier alpha value is -1.49. The fraction of sp³-hybridized carbons (Fsp3) is 0.200. The monoisotopic (exact) mass is 225 g/mol. The van der Waals surface area contributed by atoms with Crippen molar-refractivity contribution in [1.29, 1.82) is 0 Å². The van der Waals surface area contributed by atoms with Gasteiger partial charge in [0, 0.05) is 4.90 Å². The highest BCUT2D eigenvalue weighted by molar-refractivity contribution is 8.15. The van der Waals surface area contributed by atoms with Gasteiger partial charge in [-0.2, -0.15) is 0 Å². The lowest BCUT2D eigenvalue weighted by Gasteiger charge is -2.02. The molecule has 0 unspecified atom stereocenters. The summed E-state index contributed by atoms with van der Waals surface area (Å²) in [5.41, 5.74) is 1.12. The first-order chi connectivity index (χ1) is 7.17. The molecule has 1 aromatic carbocycles. The lowest BCUT2D eigenvalue weighted by molar-refractivity contribution is -0.132. The Morgan fingerprint density at radius 1 is 1.40 bits per heavy atom. The molecule has 0 aliphatic heterocycles. The molecular formula is C10H11NO3S. The van der Waals surface area contributed by atoms with E-state index in [2.05, 4.69) is 9.89 Å². The highest BCUT2D eigenvalue weighted by Gasteiger charge is 2.13. The van der Waals surface area contributed by atoms with Gasteiger partial charge in [-0.3, -0.25) is 0 Å². The Morgan fingerprint density at radius 3 is 2.47 bits per heavy atom. The average Bonchev–Trinajstić information content (AvgIpc) is 2.27. The molecule has 15 heavy (non-hydrogen) atoms. The van der Waals surface area contributed by atoms with Crippen molar-refractivity contribution in [3.63, 3.8) is 0 Å². The topological polar surface area (TPSA) is 58.9 Å². The van der Waals surface area contributed by atoms with Crippen LogP contribution >= 0.6 is 11.8 Å². The molecule has 1 aromatic rings. The third kappa shape index (κ3) is 3.28. The van der Waals surface area contributed by atoms with Gasteiger partial charge in [-0.1, -0.05) is 34.6 Å². The number of carbonyl (C=O) groups is 1. The van der Waals surface area contributed by atoms with Crippen LogP contribution in [0.2, 0.25) is 0 Å². The summed E-state index contributed by atoms with van der Waals surface area (Å²) in [6, 6.07) is 7.51. The smallest absolute Gasteiger partial charge is 0.367 e. The maximum absolute atomic E-state index is 11.1. The van der Waals surface area contributed by atoms with Crippen molar-refractivity contribution in [2.24, 2.45) is 5.16 Å². The summed E-state index contributed by atoms with van der Waals surface area (Å²) in [5.74, 6) is -0.650. The fourth-order valence-corrected chi connectivity index (χ4v) is 1.61. The SMILES string of the molecule is COC(=O)/C(=N/O)Sc1ccc(C)cc1. The van der Waals surface area contributed by atoms with Crippen molar-refractivity contribution in [2.75, 3.05) is 7.11 Å². The number of hydrogen-bond acceptors (Lipinski definition) is 5. The zero-order chi connectivity index (χ0) is 11.3. The number of methoxy groups -OCH3 is 1. The van der Waals surface area contributed by atoms with Gasteiger partial charge in [-0.15, -0.1) is 0 Å². The van der Waals surface area contributed by atoms with Crippen LogP contribution in [0.25, 0.3) is 0 Å². The molecule has 0 spiro atoms. The molecule has 0 saturated heterocycles. The number of nitrogens with zero attached hydrogens (tertiary/aromatic N) is 1. The van der Waals surface area contributed by atoms with Crippen molar-refractivity contribution in [1.82, 2.24) is 0 Å². The molecule has 5 heteroatoms. The first-order valence-corrected chi connectivity index (χ1v) is 5.04. The van der Waals surface area contributed by atoms with E-state index in [4.69, 9.17) is 5.21 Å². The number of rotatable bonds is 1. The van der Waals surface area contributed by atoms with Gasteiger partial charge in [0.25, 0.3) is 0 Å². The molecule has 0 bridgehead atoms. The summed E-state index contributed by atoms with van der Waals surface area (Å²) >= 11 is 1.06. The molecule has 1 rings (SSSR count). The largest absolute Gasteiger partial charge is 0.464 e. The Kier molecular flexibility index (Phi) is 4.17. The molecule has 0 fully saturated rings. The van der Waals surface area contributed by atoms with E-state index >= 15 is 0 Å². The van der Waals surface area contributed by atoms with Crippen molar-refractivity contribution in [3.8, 4) is 0 Å². The first-order valence-electron chi connectivity index (χ1n) is 4.22. The number of ether oxygens (including phenoxy) is 1. The molecule has 0 aliphatic rings. The minimum atomic E-state index is -0.650. The lowest BCUT2D eigenvalue weighted by atomic mass is 10.2. The van der Waals surface area contributed by atoms with Gasteiger partial charge < -0.3 is 9.94 Å². The minimum Gasteiger partial charge on any atom is -0.464 e. The molecule has 0 amide bonds. The molecule has 0 saturated carbocycles. The highest BCUT2D eigenvalue weighted by atomic mass is 32.2. The standard InChI is InChI=1S/C10H11NO3S/c1-7-3-5-8(6-4-7)15-9(11-13)10(12)14-2/h3-6,13H,1-2H3/b11-9-. The summed E-state index contributed by atoms with van der Waals surface area (Å²) in [6.07, 6.45) is 0. The van der Waals surface area contributed by atoms with Crippen LogP contribution in [0.4, 0.5) is 0 Å². The zero-order valence-corrected chi connectivity index (χ0v) is 9.25. The predicted molar refractivity (Wildman–Crippen MR) is 58.3 cm³/mol. The Balaban J connectivity index is 2.76. The van der Waals surface area contributed by atoms with Crippen LogP contribution in [0.3, 0.4) is 0 Å². The number of oxime groups is 1. The van der Waals surface area contributed by atoms with Crippen molar-refractivity contribution >= 4 is 22.8 Å². The van der Waals surface area contributed by atoms with Crippen LogP contribution in [0.1, 0.15) is 5.56 Å². The van der Waals surface area contributed by atoms with E-state index in [-0.39, 0.29) is 5.04 Å². The Bertz CT molecular complexity index is 373. The van der Waals surface area contributed by atoms with Crippen LogP contribution in [0.5, 0.6) is 0 Å². The molecule has 80 valence electrons. The van der Waals surface area contributed by atoms with Gasteiger partial charge in [0.1, 0.15) is 0 Å². The van der Waals surface area contributed by atoms with Gasteiger partial charge in [0.15, 0.2) is 0 Å². The molecule has 0 radical (unpaired) electrons. The number of thioether (sulfide) groups is 1. The van der Waals surface area contributed by atoms with Crippen molar-refractivity contribution in [3.05, 3.63) is 29.8 Å². The van der Waals surface area contributed by atoms with Crippen LogP contribution < -0.4 is 0 Å². The van der Waals surface area contributed by atoms with E-state index in [1.54, 1.807) is 0 Å². The number of benzene rings is 1.